The SMILES string of the molecule is O=C(c1ccc(OCCCCCS(=O)(=O)c2ccc([N+](=O)[O-])cc2)cc1)N1CCC(N2C(=O)CCc3ccccc32)CC1. The van der Waals surface area contributed by atoms with Crippen LogP contribution in [0.1, 0.15) is 54.4 Å². The maximum absolute atomic E-state index is 13.1. The van der Waals surface area contributed by atoms with Gasteiger partial charge in [-0.05, 0) is 86.6 Å². The Bertz CT molecular complexity index is 1570. The monoisotopic (exact) mass is 605 g/mol. The van der Waals surface area contributed by atoms with Crippen LogP contribution in [0.4, 0.5) is 11.4 Å². The normalized spacial score (nSPS) is 15.7. The molecule has 0 N–H and O–H groups in total. The van der Waals surface area contributed by atoms with Crippen LogP contribution >= 0.6 is 0 Å². The fourth-order valence-corrected chi connectivity index (χ4v) is 7.08. The highest BCUT2D eigenvalue weighted by Gasteiger charge is 2.33. The number of para-hydroxylation sites is 1. The quantitative estimate of drug-likeness (QED) is 0.167. The summed E-state index contributed by atoms with van der Waals surface area (Å²) in [6.07, 6.45) is 4.54. The lowest BCUT2D eigenvalue weighted by molar-refractivity contribution is -0.384. The van der Waals surface area contributed by atoms with Crippen molar-refractivity contribution in [1.29, 1.82) is 0 Å². The average molecular weight is 606 g/mol. The van der Waals surface area contributed by atoms with Gasteiger partial charge in [-0.1, -0.05) is 18.2 Å². The summed E-state index contributed by atoms with van der Waals surface area (Å²) in [5.41, 5.74) is 2.65. The van der Waals surface area contributed by atoms with E-state index in [2.05, 4.69) is 6.07 Å². The zero-order valence-electron chi connectivity index (χ0n) is 23.9. The molecule has 5 rings (SSSR count). The van der Waals surface area contributed by atoms with Crippen molar-refractivity contribution in [2.24, 2.45) is 0 Å². The molecule has 3 aromatic rings. The third kappa shape index (κ3) is 7.22. The van der Waals surface area contributed by atoms with Crippen LogP contribution in [0.2, 0.25) is 0 Å². The van der Waals surface area contributed by atoms with E-state index in [-0.39, 0.29) is 34.2 Å². The molecular weight excluding hydrogens is 570 g/mol. The molecule has 1 fully saturated rings. The maximum atomic E-state index is 13.1. The number of hydrogen-bond acceptors (Lipinski definition) is 7. The van der Waals surface area contributed by atoms with Gasteiger partial charge in [-0.15, -0.1) is 0 Å². The van der Waals surface area contributed by atoms with Crippen LogP contribution in [0.5, 0.6) is 5.75 Å². The molecule has 0 aliphatic carbocycles. The van der Waals surface area contributed by atoms with Gasteiger partial charge in [0.1, 0.15) is 5.75 Å². The van der Waals surface area contributed by atoms with Gasteiger partial charge in [0.15, 0.2) is 9.84 Å². The first-order chi connectivity index (χ1) is 20.7. The molecular formula is C32H35N3O7S. The molecule has 2 amide bonds. The Morgan fingerprint density at radius 3 is 2.30 bits per heavy atom. The van der Waals surface area contributed by atoms with Crippen molar-refractivity contribution in [3.63, 3.8) is 0 Å². The molecule has 2 heterocycles. The molecule has 0 spiro atoms. The molecule has 43 heavy (non-hydrogen) atoms. The number of anilines is 1. The van der Waals surface area contributed by atoms with Crippen LogP contribution in [0, 0.1) is 10.1 Å². The number of nitrogens with zero attached hydrogens (tertiary/aromatic N) is 3. The summed E-state index contributed by atoms with van der Waals surface area (Å²) >= 11 is 0. The van der Waals surface area contributed by atoms with Crippen LogP contribution in [-0.2, 0) is 21.1 Å². The van der Waals surface area contributed by atoms with Gasteiger partial charge in [-0.2, -0.15) is 0 Å². The summed E-state index contributed by atoms with van der Waals surface area (Å²) in [6, 6.07) is 20.1. The van der Waals surface area contributed by atoms with Crippen molar-refractivity contribution in [1.82, 2.24) is 4.90 Å². The highest BCUT2D eigenvalue weighted by molar-refractivity contribution is 7.91. The standard InChI is InChI=1S/C32H35N3O7S/c36-31-17-10-24-6-2-3-7-30(24)34(31)26-18-20-33(21-19-26)32(37)25-8-13-28(14-9-25)42-22-4-1-5-23-43(40,41)29-15-11-27(12-16-29)35(38)39/h2-3,6-9,11-16,26H,1,4-5,10,17-23H2. The lowest BCUT2D eigenvalue weighted by atomic mass is 9.95. The number of non-ortho nitro benzene ring substituents is 1. The van der Waals surface area contributed by atoms with Gasteiger partial charge >= 0.3 is 0 Å². The highest BCUT2D eigenvalue weighted by Crippen LogP contribution is 2.32. The first-order valence-corrected chi connectivity index (χ1v) is 16.3. The Balaban J connectivity index is 1.03. The van der Waals surface area contributed by atoms with E-state index >= 15 is 0 Å². The predicted molar refractivity (Wildman–Crippen MR) is 162 cm³/mol. The lowest BCUT2D eigenvalue weighted by Crippen LogP contribution is -2.50. The molecule has 3 aromatic carbocycles. The molecule has 226 valence electrons. The van der Waals surface area contributed by atoms with Crippen molar-refractivity contribution in [2.45, 2.75) is 55.9 Å². The van der Waals surface area contributed by atoms with Gasteiger partial charge in [-0.3, -0.25) is 19.7 Å². The third-order valence-corrected chi connectivity index (χ3v) is 9.90. The molecule has 1 saturated heterocycles. The Morgan fingerprint density at radius 1 is 0.907 bits per heavy atom. The molecule has 0 radical (unpaired) electrons. The summed E-state index contributed by atoms with van der Waals surface area (Å²) < 4.78 is 30.7. The second-order valence-corrected chi connectivity index (χ2v) is 13.0. The third-order valence-electron chi connectivity index (χ3n) is 8.08. The molecule has 0 saturated carbocycles. The van der Waals surface area contributed by atoms with E-state index in [4.69, 9.17) is 4.74 Å². The van der Waals surface area contributed by atoms with Gasteiger partial charge in [0.05, 0.1) is 22.2 Å². The van der Waals surface area contributed by atoms with Gasteiger partial charge < -0.3 is 14.5 Å². The summed E-state index contributed by atoms with van der Waals surface area (Å²) in [5.74, 6) is 0.715. The molecule has 0 unspecified atom stereocenters. The van der Waals surface area contributed by atoms with E-state index < -0.39 is 14.8 Å². The number of nitro benzene ring substituents is 1. The summed E-state index contributed by atoms with van der Waals surface area (Å²) in [4.78, 5) is 40.0. The van der Waals surface area contributed by atoms with Crippen molar-refractivity contribution < 1.29 is 27.7 Å². The Hall–Kier alpha value is -4.25. The van der Waals surface area contributed by atoms with Crippen molar-refractivity contribution in [3.8, 4) is 5.75 Å². The van der Waals surface area contributed by atoms with E-state index in [9.17, 15) is 28.1 Å². The minimum Gasteiger partial charge on any atom is -0.494 e. The first-order valence-electron chi connectivity index (χ1n) is 14.6. The van der Waals surface area contributed by atoms with E-state index in [1.54, 1.807) is 24.3 Å². The van der Waals surface area contributed by atoms with E-state index in [0.717, 1.165) is 24.9 Å². The number of amides is 2. The number of carbonyl (C=O) groups is 2. The van der Waals surface area contributed by atoms with Crippen LogP contribution in [-0.4, -0.2) is 61.5 Å². The number of ether oxygens (including phenoxy) is 1. The Kier molecular flexibility index (Phi) is 9.40. The number of carbonyl (C=O) groups excluding carboxylic acids is 2. The van der Waals surface area contributed by atoms with Crippen molar-refractivity contribution >= 4 is 33.0 Å². The molecule has 11 heteroatoms. The zero-order valence-corrected chi connectivity index (χ0v) is 24.7. The molecule has 0 aromatic heterocycles. The number of aryl methyl sites for hydroxylation is 1. The van der Waals surface area contributed by atoms with Crippen LogP contribution in [0.3, 0.4) is 0 Å². The lowest BCUT2D eigenvalue weighted by Gasteiger charge is -2.41. The van der Waals surface area contributed by atoms with E-state index in [1.807, 2.05) is 28.0 Å². The van der Waals surface area contributed by atoms with Crippen LogP contribution in [0.15, 0.2) is 77.7 Å². The first kappa shape index (κ1) is 30.2. The van der Waals surface area contributed by atoms with Crippen LogP contribution < -0.4 is 9.64 Å². The number of sulfone groups is 1. The van der Waals surface area contributed by atoms with Gasteiger partial charge in [0.25, 0.3) is 11.6 Å². The topological polar surface area (TPSA) is 127 Å². The molecule has 2 aliphatic heterocycles. The number of nitro groups is 1. The minimum absolute atomic E-state index is 0.0374. The maximum Gasteiger partial charge on any atom is 0.269 e. The fourth-order valence-electron chi connectivity index (χ4n) is 5.71. The van der Waals surface area contributed by atoms with Crippen molar-refractivity contribution in [2.75, 3.05) is 30.3 Å². The van der Waals surface area contributed by atoms with Gasteiger partial charge in [0.2, 0.25) is 5.91 Å². The summed E-state index contributed by atoms with van der Waals surface area (Å²) in [7, 11) is -3.50. The van der Waals surface area contributed by atoms with Gasteiger partial charge in [0, 0.05) is 48.9 Å². The Labute approximate surface area is 251 Å². The predicted octanol–water partition coefficient (Wildman–Crippen LogP) is 5.20. The molecule has 0 bridgehead atoms. The smallest absolute Gasteiger partial charge is 0.269 e. The number of hydrogen-bond donors (Lipinski definition) is 0. The van der Waals surface area contributed by atoms with E-state index in [1.165, 1.54) is 29.8 Å². The number of fused-ring (bicyclic) bond motifs is 1. The molecule has 0 atom stereocenters. The molecule has 2 aliphatic rings. The number of unbranched alkanes of at least 4 members (excludes halogenated alkanes) is 2. The number of rotatable bonds is 11. The fraction of sp³-hybridized carbons (Fsp3) is 0.375. The summed E-state index contributed by atoms with van der Waals surface area (Å²) in [5, 5.41) is 10.8. The number of likely N-dealkylation sites (tertiary alicyclic amines) is 1. The zero-order chi connectivity index (χ0) is 30.4. The Morgan fingerprint density at radius 2 is 1.60 bits per heavy atom. The van der Waals surface area contributed by atoms with Gasteiger partial charge in [-0.25, -0.2) is 8.42 Å². The average Bonchev–Trinajstić information content (AvgIpc) is 3.03. The number of benzene rings is 3. The van der Waals surface area contributed by atoms with Crippen molar-refractivity contribution in [3.05, 3.63) is 94.0 Å². The largest absolute Gasteiger partial charge is 0.494 e. The second-order valence-electron chi connectivity index (χ2n) is 10.9. The number of piperidine rings is 1. The minimum atomic E-state index is -3.50. The second kappa shape index (κ2) is 13.4. The summed E-state index contributed by atoms with van der Waals surface area (Å²) in [6.45, 7) is 1.60. The molecule has 10 nitrogen and oxygen atoms in total. The van der Waals surface area contributed by atoms with Crippen LogP contribution in [0.25, 0.3) is 0 Å². The highest BCUT2D eigenvalue weighted by atomic mass is 32.2. The van der Waals surface area contributed by atoms with E-state index in [0.29, 0.717) is 56.7 Å².